The molecule has 0 aromatic carbocycles. The van der Waals surface area contributed by atoms with Crippen molar-refractivity contribution >= 4 is 16.9 Å². The number of pyridine rings is 1. The Morgan fingerprint density at radius 2 is 2.42 bits per heavy atom. The summed E-state index contributed by atoms with van der Waals surface area (Å²) in [5.41, 5.74) is 6.48. The van der Waals surface area contributed by atoms with Gasteiger partial charge in [0.25, 0.3) is 5.91 Å². The molecule has 3 N–H and O–H groups in total. The summed E-state index contributed by atoms with van der Waals surface area (Å²) in [5, 5.41) is 6.39. The normalized spacial score (nSPS) is 10.3. The van der Waals surface area contributed by atoms with Gasteiger partial charge in [0.15, 0.2) is 5.69 Å². The van der Waals surface area contributed by atoms with Crippen molar-refractivity contribution in [2.75, 3.05) is 0 Å². The molecule has 0 bridgehead atoms. The van der Waals surface area contributed by atoms with Gasteiger partial charge in [0.1, 0.15) is 5.52 Å². The molecule has 0 spiro atoms. The number of hydrogen-bond acceptors (Lipinski definition) is 3. The van der Waals surface area contributed by atoms with E-state index in [1.807, 2.05) is 0 Å². The third kappa shape index (κ3) is 0.833. The van der Waals surface area contributed by atoms with Gasteiger partial charge < -0.3 is 5.73 Å². The molecule has 0 saturated heterocycles. The minimum atomic E-state index is -0.569. The van der Waals surface area contributed by atoms with E-state index in [0.717, 1.165) is 0 Å². The minimum Gasteiger partial charge on any atom is -0.364 e. The molecule has 5 heteroatoms. The molecule has 2 aromatic heterocycles. The van der Waals surface area contributed by atoms with Gasteiger partial charge in [-0.25, -0.2) is 0 Å². The fourth-order valence-corrected chi connectivity index (χ4v) is 1.03. The standard InChI is InChI=1S/C7H6N4O/c8-7(12)6-5-4(10-11-6)2-1-3-9-5/h1-3H,(H2,8,12)(H,10,11). The largest absolute Gasteiger partial charge is 0.364 e. The quantitative estimate of drug-likeness (QED) is 0.621. The molecule has 0 aliphatic heterocycles. The van der Waals surface area contributed by atoms with Gasteiger partial charge in [0.05, 0.1) is 5.52 Å². The Morgan fingerprint density at radius 1 is 1.58 bits per heavy atom. The SMILES string of the molecule is NC(=O)c1n[nH]c2cccnc12. The van der Waals surface area contributed by atoms with Crippen molar-refractivity contribution in [1.29, 1.82) is 0 Å². The lowest BCUT2D eigenvalue weighted by Gasteiger charge is -1.87. The number of rotatable bonds is 1. The third-order valence-electron chi connectivity index (χ3n) is 1.55. The summed E-state index contributed by atoms with van der Waals surface area (Å²) in [6.45, 7) is 0. The number of aromatic amines is 1. The predicted octanol–water partition coefficient (Wildman–Crippen LogP) is 0.0568. The highest BCUT2D eigenvalue weighted by Crippen LogP contribution is 2.10. The van der Waals surface area contributed by atoms with E-state index in [-0.39, 0.29) is 5.69 Å². The van der Waals surface area contributed by atoms with Crippen molar-refractivity contribution in [1.82, 2.24) is 15.2 Å². The molecule has 5 nitrogen and oxygen atoms in total. The molecule has 0 aliphatic carbocycles. The van der Waals surface area contributed by atoms with Gasteiger partial charge in [-0.3, -0.25) is 14.9 Å². The van der Waals surface area contributed by atoms with Crippen molar-refractivity contribution in [2.45, 2.75) is 0 Å². The molecule has 0 atom stereocenters. The zero-order valence-corrected chi connectivity index (χ0v) is 6.11. The van der Waals surface area contributed by atoms with Crippen LogP contribution in [0.3, 0.4) is 0 Å². The van der Waals surface area contributed by atoms with E-state index in [9.17, 15) is 4.79 Å². The van der Waals surface area contributed by atoms with E-state index in [4.69, 9.17) is 5.73 Å². The number of fused-ring (bicyclic) bond motifs is 1. The van der Waals surface area contributed by atoms with Gasteiger partial charge in [-0.15, -0.1) is 0 Å². The average Bonchev–Trinajstić information content (AvgIpc) is 2.47. The van der Waals surface area contributed by atoms with Gasteiger partial charge in [0.2, 0.25) is 0 Å². The molecule has 1 amide bonds. The Labute approximate surface area is 67.6 Å². The van der Waals surface area contributed by atoms with Crippen molar-refractivity contribution in [2.24, 2.45) is 5.73 Å². The minimum absolute atomic E-state index is 0.186. The Hall–Kier alpha value is -1.91. The maximum atomic E-state index is 10.8. The summed E-state index contributed by atoms with van der Waals surface area (Å²) in [4.78, 5) is 14.7. The summed E-state index contributed by atoms with van der Waals surface area (Å²) in [6.07, 6.45) is 1.59. The second-order valence-electron chi connectivity index (χ2n) is 2.34. The number of primary amides is 1. The smallest absolute Gasteiger partial charge is 0.271 e. The number of nitrogens with one attached hydrogen (secondary N) is 1. The first-order chi connectivity index (χ1) is 5.79. The van der Waals surface area contributed by atoms with Crippen molar-refractivity contribution < 1.29 is 4.79 Å². The van der Waals surface area contributed by atoms with Crippen LogP contribution in [0.1, 0.15) is 10.5 Å². The molecule has 0 unspecified atom stereocenters. The lowest BCUT2D eigenvalue weighted by molar-refractivity contribution is 0.0997. The summed E-state index contributed by atoms with van der Waals surface area (Å²) >= 11 is 0. The number of nitrogens with zero attached hydrogens (tertiary/aromatic N) is 2. The number of hydrogen-bond donors (Lipinski definition) is 2. The van der Waals surface area contributed by atoms with Crippen LogP contribution < -0.4 is 5.73 Å². The molecular weight excluding hydrogens is 156 g/mol. The molecular formula is C7H6N4O. The molecule has 2 rings (SSSR count). The number of H-pyrrole nitrogens is 1. The first-order valence-corrected chi connectivity index (χ1v) is 3.38. The lowest BCUT2D eigenvalue weighted by Crippen LogP contribution is -2.12. The van der Waals surface area contributed by atoms with Crippen LogP contribution in [0.4, 0.5) is 0 Å². The summed E-state index contributed by atoms with van der Waals surface area (Å²) in [7, 11) is 0. The van der Waals surface area contributed by atoms with Crippen molar-refractivity contribution in [3.63, 3.8) is 0 Å². The zero-order chi connectivity index (χ0) is 8.55. The molecule has 0 radical (unpaired) electrons. The Morgan fingerprint density at radius 3 is 3.17 bits per heavy atom. The maximum Gasteiger partial charge on any atom is 0.271 e. The van der Waals surface area contributed by atoms with E-state index < -0.39 is 5.91 Å². The molecule has 0 fully saturated rings. The van der Waals surface area contributed by atoms with E-state index in [2.05, 4.69) is 15.2 Å². The summed E-state index contributed by atoms with van der Waals surface area (Å²) in [6, 6.07) is 3.53. The van der Waals surface area contributed by atoms with Crippen LogP contribution in [0.2, 0.25) is 0 Å². The second-order valence-corrected chi connectivity index (χ2v) is 2.34. The highest BCUT2D eigenvalue weighted by atomic mass is 16.1. The average molecular weight is 162 g/mol. The monoisotopic (exact) mass is 162 g/mol. The molecule has 60 valence electrons. The lowest BCUT2D eigenvalue weighted by atomic mass is 10.3. The molecule has 2 aromatic rings. The van der Waals surface area contributed by atoms with Gasteiger partial charge in [-0.05, 0) is 12.1 Å². The van der Waals surface area contributed by atoms with E-state index >= 15 is 0 Å². The molecule has 2 heterocycles. The van der Waals surface area contributed by atoms with Crippen LogP contribution in [-0.2, 0) is 0 Å². The van der Waals surface area contributed by atoms with Gasteiger partial charge >= 0.3 is 0 Å². The van der Waals surface area contributed by atoms with Crippen LogP contribution in [-0.4, -0.2) is 21.1 Å². The fraction of sp³-hybridized carbons (Fsp3) is 0. The predicted molar refractivity (Wildman–Crippen MR) is 42.4 cm³/mol. The zero-order valence-electron chi connectivity index (χ0n) is 6.11. The van der Waals surface area contributed by atoms with Crippen LogP contribution in [0, 0.1) is 0 Å². The second kappa shape index (κ2) is 2.30. The Kier molecular flexibility index (Phi) is 1.30. The maximum absolute atomic E-state index is 10.8. The first kappa shape index (κ1) is 6.78. The van der Waals surface area contributed by atoms with E-state index in [1.165, 1.54) is 0 Å². The number of aromatic nitrogens is 3. The van der Waals surface area contributed by atoms with Crippen LogP contribution >= 0.6 is 0 Å². The molecule has 12 heavy (non-hydrogen) atoms. The van der Waals surface area contributed by atoms with Crippen molar-refractivity contribution in [3.05, 3.63) is 24.0 Å². The van der Waals surface area contributed by atoms with Gasteiger partial charge in [0, 0.05) is 6.20 Å². The van der Waals surface area contributed by atoms with Gasteiger partial charge in [-0.2, -0.15) is 5.10 Å². The molecule has 0 aliphatic rings. The van der Waals surface area contributed by atoms with Crippen LogP contribution in [0.15, 0.2) is 18.3 Å². The Balaban J connectivity index is 2.79. The topological polar surface area (TPSA) is 84.7 Å². The molecule has 0 saturated carbocycles. The highest BCUT2D eigenvalue weighted by molar-refractivity contribution is 6.01. The van der Waals surface area contributed by atoms with E-state index in [1.54, 1.807) is 18.3 Å². The van der Waals surface area contributed by atoms with Crippen LogP contribution in [0.25, 0.3) is 11.0 Å². The van der Waals surface area contributed by atoms with Gasteiger partial charge in [-0.1, -0.05) is 0 Å². The number of amides is 1. The van der Waals surface area contributed by atoms with E-state index in [0.29, 0.717) is 11.0 Å². The highest BCUT2D eigenvalue weighted by Gasteiger charge is 2.10. The van der Waals surface area contributed by atoms with Crippen molar-refractivity contribution in [3.8, 4) is 0 Å². The Bertz CT molecular complexity index is 434. The summed E-state index contributed by atoms with van der Waals surface area (Å²) in [5.74, 6) is -0.569. The third-order valence-corrected chi connectivity index (χ3v) is 1.55. The number of nitrogens with two attached hydrogens (primary N) is 1. The summed E-state index contributed by atoms with van der Waals surface area (Å²) < 4.78 is 0. The number of carbonyl (C=O) groups excluding carboxylic acids is 1. The van der Waals surface area contributed by atoms with Crippen LogP contribution in [0.5, 0.6) is 0 Å². The number of carbonyl (C=O) groups is 1. The fourth-order valence-electron chi connectivity index (χ4n) is 1.03. The first-order valence-electron chi connectivity index (χ1n) is 3.38.